The van der Waals surface area contributed by atoms with Crippen LogP contribution in [-0.2, 0) is 6.54 Å². The van der Waals surface area contributed by atoms with E-state index in [4.69, 9.17) is 5.73 Å². The second kappa shape index (κ2) is 4.53. The van der Waals surface area contributed by atoms with Crippen LogP contribution in [0.3, 0.4) is 0 Å². The van der Waals surface area contributed by atoms with Crippen LogP contribution in [0.1, 0.15) is 5.56 Å². The van der Waals surface area contributed by atoms with E-state index in [9.17, 15) is 5.11 Å². The number of hydrogen-bond donors (Lipinski definition) is 3. The Bertz CT molecular complexity index is 471. The van der Waals surface area contributed by atoms with Crippen molar-refractivity contribution >= 4 is 11.4 Å². The van der Waals surface area contributed by atoms with E-state index < -0.39 is 0 Å². The number of rotatable bonds is 3. The average molecular weight is 215 g/mol. The minimum atomic E-state index is 0.246. The van der Waals surface area contributed by atoms with Crippen molar-refractivity contribution in [2.24, 2.45) is 0 Å². The van der Waals surface area contributed by atoms with Gasteiger partial charge in [0.25, 0.3) is 0 Å². The molecule has 0 spiro atoms. The zero-order valence-corrected chi connectivity index (χ0v) is 8.72. The molecule has 1 aromatic heterocycles. The molecule has 16 heavy (non-hydrogen) atoms. The molecular weight excluding hydrogens is 202 g/mol. The lowest BCUT2D eigenvalue weighted by Gasteiger charge is -2.08. The fourth-order valence-electron chi connectivity index (χ4n) is 1.41. The standard InChI is InChI=1S/C12H13N3O/c13-10-1-2-12(16)9(7-10)8-15-11-3-5-14-6-4-11/h1-7,16H,8,13H2,(H,14,15). The quantitative estimate of drug-likeness (QED) is 0.541. The molecular formula is C12H13N3O. The van der Waals surface area contributed by atoms with E-state index >= 15 is 0 Å². The number of phenolic OH excluding ortho intramolecular Hbond substituents is 1. The first-order valence-electron chi connectivity index (χ1n) is 4.97. The summed E-state index contributed by atoms with van der Waals surface area (Å²) < 4.78 is 0. The molecule has 0 bridgehead atoms. The van der Waals surface area contributed by atoms with Crippen LogP contribution in [0.4, 0.5) is 11.4 Å². The van der Waals surface area contributed by atoms with E-state index in [1.807, 2.05) is 12.1 Å². The molecule has 0 aliphatic heterocycles. The Hall–Kier alpha value is -2.23. The van der Waals surface area contributed by atoms with Gasteiger partial charge in [-0.2, -0.15) is 0 Å². The second-order valence-corrected chi connectivity index (χ2v) is 3.48. The van der Waals surface area contributed by atoms with Gasteiger partial charge >= 0.3 is 0 Å². The molecule has 0 atom stereocenters. The molecule has 4 heteroatoms. The number of benzene rings is 1. The van der Waals surface area contributed by atoms with E-state index in [2.05, 4.69) is 10.3 Å². The van der Waals surface area contributed by atoms with Crippen LogP contribution >= 0.6 is 0 Å². The van der Waals surface area contributed by atoms with Crippen LogP contribution in [0, 0.1) is 0 Å². The van der Waals surface area contributed by atoms with E-state index in [1.165, 1.54) is 0 Å². The first-order chi connectivity index (χ1) is 7.75. The molecule has 1 heterocycles. The highest BCUT2D eigenvalue weighted by Crippen LogP contribution is 2.20. The minimum Gasteiger partial charge on any atom is -0.508 e. The summed E-state index contributed by atoms with van der Waals surface area (Å²) in [5, 5.41) is 12.8. The van der Waals surface area contributed by atoms with Gasteiger partial charge in [0.15, 0.2) is 0 Å². The average Bonchev–Trinajstić information content (AvgIpc) is 2.32. The summed E-state index contributed by atoms with van der Waals surface area (Å²) in [6, 6.07) is 8.75. The molecule has 0 amide bonds. The highest BCUT2D eigenvalue weighted by Gasteiger charge is 2.01. The number of nitrogens with zero attached hydrogens (tertiary/aromatic N) is 1. The predicted molar refractivity (Wildman–Crippen MR) is 64.1 cm³/mol. The van der Waals surface area contributed by atoms with Crippen molar-refractivity contribution in [1.29, 1.82) is 0 Å². The van der Waals surface area contributed by atoms with Crippen molar-refractivity contribution in [3.8, 4) is 5.75 Å². The molecule has 0 unspecified atom stereocenters. The van der Waals surface area contributed by atoms with Gasteiger partial charge in [0.2, 0.25) is 0 Å². The van der Waals surface area contributed by atoms with Crippen LogP contribution in [0.15, 0.2) is 42.7 Å². The third-order valence-electron chi connectivity index (χ3n) is 2.27. The number of phenols is 1. The third-order valence-corrected chi connectivity index (χ3v) is 2.27. The lowest BCUT2D eigenvalue weighted by Crippen LogP contribution is -2.00. The van der Waals surface area contributed by atoms with Crippen molar-refractivity contribution in [2.45, 2.75) is 6.54 Å². The Labute approximate surface area is 93.8 Å². The number of aromatic hydroxyl groups is 1. The van der Waals surface area contributed by atoms with Gasteiger partial charge < -0.3 is 16.2 Å². The van der Waals surface area contributed by atoms with E-state index in [0.29, 0.717) is 12.2 Å². The summed E-state index contributed by atoms with van der Waals surface area (Å²) in [6.45, 7) is 0.529. The van der Waals surface area contributed by atoms with Gasteiger partial charge in [-0.15, -0.1) is 0 Å². The third kappa shape index (κ3) is 2.42. The van der Waals surface area contributed by atoms with Crippen molar-refractivity contribution in [2.75, 3.05) is 11.1 Å². The Kier molecular flexibility index (Phi) is 2.91. The summed E-state index contributed by atoms with van der Waals surface area (Å²) in [6.07, 6.45) is 3.42. The molecule has 0 saturated carbocycles. The van der Waals surface area contributed by atoms with E-state index in [1.54, 1.807) is 30.6 Å². The second-order valence-electron chi connectivity index (χ2n) is 3.48. The van der Waals surface area contributed by atoms with E-state index in [0.717, 1.165) is 11.3 Å². The van der Waals surface area contributed by atoms with Crippen molar-refractivity contribution in [3.63, 3.8) is 0 Å². The number of aromatic nitrogens is 1. The monoisotopic (exact) mass is 215 g/mol. The fraction of sp³-hybridized carbons (Fsp3) is 0.0833. The number of nitrogen functional groups attached to an aromatic ring is 1. The molecule has 1 aromatic carbocycles. The van der Waals surface area contributed by atoms with Gasteiger partial charge in [0, 0.05) is 35.9 Å². The minimum absolute atomic E-state index is 0.246. The number of hydrogen-bond acceptors (Lipinski definition) is 4. The maximum absolute atomic E-state index is 9.61. The van der Waals surface area contributed by atoms with Gasteiger partial charge in [0.05, 0.1) is 0 Å². The zero-order valence-electron chi connectivity index (χ0n) is 8.72. The van der Waals surface area contributed by atoms with Gasteiger partial charge in [-0.25, -0.2) is 0 Å². The zero-order chi connectivity index (χ0) is 11.4. The molecule has 2 aromatic rings. The SMILES string of the molecule is Nc1ccc(O)c(CNc2ccncc2)c1. The summed E-state index contributed by atoms with van der Waals surface area (Å²) in [5.41, 5.74) is 8.02. The van der Waals surface area contributed by atoms with Crippen LogP contribution in [0.2, 0.25) is 0 Å². The predicted octanol–water partition coefficient (Wildman–Crippen LogP) is 1.98. The van der Waals surface area contributed by atoms with Crippen LogP contribution < -0.4 is 11.1 Å². The van der Waals surface area contributed by atoms with Crippen molar-refractivity contribution < 1.29 is 5.11 Å². The first kappa shape index (κ1) is 10.3. The number of nitrogens with two attached hydrogens (primary N) is 1. The lowest BCUT2D eigenvalue weighted by molar-refractivity contribution is 0.469. The smallest absolute Gasteiger partial charge is 0.120 e. The summed E-state index contributed by atoms with van der Waals surface area (Å²) in [7, 11) is 0. The first-order valence-corrected chi connectivity index (χ1v) is 4.97. The molecule has 4 nitrogen and oxygen atoms in total. The van der Waals surface area contributed by atoms with Gasteiger partial charge in [-0.3, -0.25) is 4.98 Å². The van der Waals surface area contributed by atoms with Gasteiger partial charge in [-0.1, -0.05) is 0 Å². The molecule has 82 valence electrons. The van der Waals surface area contributed by atoms with Crippen LogP contribution in [-0.4, -0.2) is 10.1 Å². The maximum Gasteiger partial charge on any atom is 0.120 e. The summed E-state index contributed by atoms with van der Waals surface area (Å²) in [5.74, 6) is 0.246. The molecule has 0 saturated heterocycles. The van der Waals surface area contributed by atoms with Crippen molar-refractivity contribution in [1.82, 2.24) is 4.98 Å². The molecule has 0 fully saturated rings. The normalized spacial score (nSPS) is 10.0. The summed E-state index contributed by atoms with van der Waals surface area (Å²) in [4.78, 5) is 3.92. The van der Waals surface area contributed by atoms with Crippen LogP contribution in [0.25, 0.3) is 0 Å². The fourth-order valence-corrected chi connectivity index (χ4v) is 1.41. The lowest BCUT2D eigenvalue weighted by atomic mass is 10.1. The molecule has 0 radical (unpaired) electrons. The number of pyridine rings is 1. The van der Waals surface area contributed by atoms with Gasteiger partial charge in [-0.05, 0) is 30.3 Å². The Balaban J connectivity index is 2.08. The summed E-state index contributed by atoms with van der Waals surface area (Å²) >= 11 is 0. The Morgan fingerprint density at radius 2 is 1.94 bits per heavy atom. The van der Waals surface area contributed by atoms with Gasteiger partial charge in [0.1, 0.15) is 5.75 Å². The topological polar surface area (TPSA) is 71.2 Å². The van der Waals surface area contributed by atoms with E-state index in [-0.39, 0.29) is 5.75 Å². The molecule has 0 aliphatic rings. The molecule has 0 aliphatic carbocycles. The maximum atomic E-state index is 9.61. The number of nitrogens with one attached hydrogen (secondary N) is 1. The Morgan fingerprint density at radius 1 is 1.19 bits per heavy atom. The highest BCUT2D eigenvalue weighted by molar-refractivity contribution is 5.49. The Morgan fingerprint density at radius 3 is 2.69 bits per heavy atom. The number of anilines is 2. The largest absolute Gasteiger partial charge is 0.508 e. The molecule has 4 N–H and O–H groups in total. The highest BCUT2D eigenvalue weighted by atomic mass is 16.3. The molecule has 2 rings (SSSR count). The van der Waals surface area contributed by atoms with Crippen LogP contribution in [0.5, 0.6) is 5.75 Å². The van der Waals surface area contributed by atoms with Crippen molar-refractivity contribution in [3.05, 3.63) is 48.3 Å².